The molecule has 1 aliphatic heterocycles. The van der Waals surface area contributed by atoms with Gasteiger partial charge in [-0.2, -0.15) is 13.2 Å². The Balaban J connectivity index is 1.31. The first-order chi connectivity index (χ1) is 15.8. The molecule has 0 spiro atoms. The van der Waals surface area contributed by atoms with Crippen molar-refractivity contribution < 1.29 is 27.5 Å². The van der Waals surface area contributed by atoms with E-state index < -0.39 is 11.7 Å². The van der Waals surface area contributed by atoms with E-state index in [4.69, 9.17) is 4.74 Å². The maximum absolute atomic E-state index is 13.0. The Kier molecular flexibility index (Phi) is 7.16. The number of hydrogen-bond acceptors (Lipinski definition) is 5. The van der Waals surface area contributed by atoms with Crippen LogP contribution < -0.4 is 10.2 Å². The maximum Gasteiger partial charge on any atom is 0.416 e. The highest BCUT2D eigenvalue weighted by Gasteiger charge is 2.48. The second-order valence-corrected chi connectivity index (χ2v) is 9.48. The first-order valence-corrected chi connectivity index (χ1v) is 11.8. The van der Waals surface area contributed by atoms with E-state index >= 15 is 0 Å². The summed E-state index contributed by atoms with van der Waals surface area (Å²) in [5.41, 5.74) is -0.108. The number of hydrogen-bond donors (Lipinski definition) is 1. The van der Waals surface area contributed by atoms with E-state index in [2.05, 4.69) is 5.32 Å². The van der Waals surface area contributed by atoms with Crippen molar-refractivity contribution in [3.63, 3.8) is 0 Å². The third-order valence-corrected chi connectivity index (χ3v) is 7.53. The molecule has 6 nitrogen and oxygen atoms in total. The lowest BCUT2D eigenvalue weighted by Gasteiger charge is -2.36. The highest BCUT2D eigenvalue weighted by atomic mass is 19.4. The molecule has 0 aromatic heterocycles. The molecule has 1 heterocycles. The number of nitrogens with zero attached hydrogens (tertiary/aromatic N) is 2. The molecule has 1 N–H and O–H groups in total. The lowest BCUT2D eigenvalue weighted by Crippen LogP contribution is -2.52. The topological polar surface area (TPSA) is 61.9 Å². The van der Waals surface area contributed by atoms with Crippen molar-refractivity contribution in [1.29, 1.82) is 0 Å². The fourth-order valence-corrected chi connectivity index (χ4v) is 5.85. The first-order valence-electron chi connectivity index (χ1n) is 11.8. The third kappa shape index (κ3) is 5.45. The van der Waals surface area contributed by atoms with Gasteiger partial charge >= 0.3 is 12.1 Å². The highest BCUT2D eigenvalue weighted by molar-refractivity contribution is 5.80. The average molecular weight is 468 g/mol. The molecule has 2 saturated carbocycles. The molecule has 9 heteroatoms. The number of rotatable bonds is 5. The normalized spacial score (nSPS) is 28.3. The van der Waals surface area contributed by atoms with E-state index in [-0.39, 0.29) is 30.4 Å². The van der Waals surface area contributed by atoms with Crippen LogP contribution in [-0.2, 0) is 20.5 Å². The van der Waals surface area contributed by atoms with Crippen molar-refractivity contribution in [2.45, 2.75) is 44.3 Å². The molecule has 3 aliphatic rings. The number of piperazine rings is 1. The van der Waals surface area contributed by atoms with Gasteiger partial charge in [-0.3, -0.25) is 14.5 Å². The first kappa shape index (κ1) is 23.9. The minimum atomic E-state index is -4.37. The smallest absolute Gasteiger partial charge is 0.416 e. The highest BCUT2D eigenvalue weighted by Crippen LogP contribution is 2.45. The Bertz CT molecular complexity index is 855. The quantitative estimate of drug-likeness (QED) is 0.674. The van der Waals surface area contributed by atoms with Gasteiger partial charge in [-0.05, 0) is 42.9 Å². The Morgan fingerprint density at radius 2 is 1.85 bits per heavy atom. The third-order valence-electron chi connectivity index (χ3n) is 7.53. The largest absolute Gasteiger partial charge is 0.469 e. The van der Waals surface area contributed by atoms with Gasteiger partial charge in [0.15, 0.2) is 0 Å². The van der Waals surface area contributed by atoms with Crippen LogP contribution in [0.4, 0.5) is 18.9 Å². The Morgan fingerprint density at radius 3 is 2.55 bits per heavy atom. The molecule has 182 valence electrons. The summed E-state index contributed by atoms with van der Waals surface area (Å²) in [5, 5.41) is 3.14. The Morgan fingerprint density at radius 1 is 1.12 bits per heavy atom. The molecule has 3 fully saturated rings. The summed E-state index contributed by atoms with van der Waals surface area (Å²) in [4.78, 5) is 29.1. The van der Waals surface area contributed by atoms with E-state index in [1.165, 1.54) is 25.7 Å². The number of methoxy groups -OCH3 is 1. The number of ether oxygens (including phenoxy) is 1. The van der Waals surface area contributed by atoms with Crippen LogP contribution in [0.2, 0.25) is 0 Å². The summed E-state index contributed by atoms with van der Waals surface area (Å²) in [6.07, 6.45) is 0.832. The molecule has 0 bridgehead atoms. The van der Waals surface area contributed by atoms with E-state index in [0.29, 0.717) is 43.7 Å². The Labute approximate surface area is 192 Å². The molecule has 0 radical (unpaired) electrons. The lowest BCUT2D eigenvalue weighted by molar-refractivity contribution is -0.146. The summed E-state index contributed by atoms with van der Waals surface area (Å²) in [6, 6.07) is 5.18. The standard InChI is InChI=1S/C24H32F3N3O3/c1-33-23(32)20-13-16-5-2-3-8-19(16)22(20)28-21(31)15-29-9-11-30(12-10-29)18-7-4-6-17(14-18)24(25,26)27/h4,6-7,14,16,19-20,22H,2-3,5,8-13,15H2,1H3,(H,28,31). The molecule has 1 saturated heterocycles. The summed E-state index contributed by atoms with van der Waals surface area (Å²) in [6.45, 7) is 2.49. The fourth-order valence-electron chi connectivity index (χ4n) is 5.85. The van der Waals surface area contributed by atoms with Gasteiger partial charge in [0, 0.05) is 37.9 Å². The van der Waals surface area contributed by atoms with E-state index in [0.717, 1.165) is 31.7 Å². The van der Waals surface area contributed by atoms with Crippen molar-refractivity contribution in [2.24, 2.45) is 17.8 Å². The van der Waals surface area contributed by atoms with Gasteiger partial charge in [0.2, 0.25) is 5.91 Å². The van der Waals surface area contributed by atoms with Gasteiger partial charge < -0.3 is 15.0 Å². The maximum atomic E-state index is 13.0. The van der Waals surface area contributed by atoms with Gasteiger partial charge in [-0.15, -0.1) is 0 Å². The zero-order valence-electron chi connectivity index (χ0n) is 18.9. The van der Waals surface area contributed by atoms with Crippen LogP contribution in [0.15, 0.2) is 24.3 Å². The van der Waals surface area contributed by atoms with Gasteiger partial charge in [0.05, 0.1) is 25.1 Å². The van der Waals surface area contributed by atoms with Crippen LogP contribution in [0.5, 0.6) is 0 Å². The molecule has 1 aromatic rings. The minimum absolute atomic E-state index is 0.104. The van der Waals surface area contributed by atoms with Crippen molar-refractivity contribution in [3.8, 4) is 0 Å². The van der Waals surface area contributed by atoms with Crippen LogP contribution in [0.3, 0.4) is 0 Å². The second-order valence-electron chi connectivity index (χ2n) is 9.48. The van der Waals surface area contributed by atoms with Crippen LogP contribution in [-0.4, -0.2) is 62.7 Å². The summed E-state index contributed by atoms with van der Waals surface area (Å²) in [7, 11) is 1.40. The zero-order chi connectivity index (χ0) is 23.6. The SMILES string of the molecule is COC(=O)C1CC2CCCCC2C1NC(=O)CN1CCN(c2cccc(C(F)(F)F)c2)CC1. The number of anilines is 1. The number of amides is 1. The number of halogens is 3. The van der Waals surface area contributed by atoms with Crippen molar-refractivity contribution in [2.75, 3.05) is 44.7 Å². The van der Waals surface area contributed by atoms with E-state index in [9.17, 15) is 22.8 Å². The number of benzene rings is 1. The fraction of sp³-hybridized carbons (Fsp3) is 0.667. The summed E-state index contributed by atoms with van der Waals surface area (Å²) < 4.78 is 44.0. The number of carbonyl (C=O) groups is 2. The molecule has 4 atom stereocenters. The van der Waals surface area contributed by atoms with Crippen molar-refractivity contribution >= 4 is 17.6 Å². The number of carbonyl (C=O) groups excluding carboxylic acids is 2. The molecular formula is C24H32F3N3O3. The molecule has 4 rings (SSSR count). The van der Waals surface area contributed by atoms with Crippen LogP contribution in [0.1, 0.15) is 37.7 Å². The Hall–Kier alpha value is -2.29. The van der Waals surface area contributed by atoms with Crippen LogP contribution in [0, 0.1) is 17.8 Å². The minimum Gasteiger partial charge on any atom is -0.469 e. The van der Waals surface area contributed by atoms with Gasteiger partial charge in [-0.25, -0.2) is 0 Å². The predicted octanol–water partition coefficient (Wildman–Crippen LogP) is 3.31. The molecule has 2 aliphatic carbocycles. The van der Waals surface area contributed by atoms with Gasteiger partial charge in [0.1, 0.15) is 0 Å². The van der Waals surface area contributed by atoms with Crippen LogP contribution in [0.25, 0.3) is 0 Å². The number of nitrogens with one attached hydrogen (secondary N) is 1. The van der Waals surface area contributed by atoms with Crippen molar-refractivity contribution in [1.82, 2.24) is 10.2 Å². The van der Waals surface area contributed by atoms with E-state index in [1.54, 1.807) is 6.07 Å². The van der Waals surface area contributed by atoms with Gasteiger partial charge in [-0.1, -0.05) is 25.3 Å². The number of esters is 1. The van der Waals surface area contributed by atoms with Gasteiger partial charge in [0.25, 0.3) is 0 Å². The molecule has 4 unspecified atom stereocenters. The summed E-state index contributed by atoms with van der Waals surface area (Å²) in [5.74, 6) is 0.149. The molecule has 33 heavy (non-hydrogen) atoms. The summed E-state index contributed by atoms with van der Waals surface area (Å²) >= 11 is 0. The zero-order valence-corrected chi connectivity index (χ0v) is 18.9. The second kappa shape index (κ2) is 9.91. The molecular weight excluding hydrogens is 435 g/mol. The lowest BCUT2D eigenvalue weighted by atomic mass is 9.80. The predicted molar refractivity (Wildman–Crippen MR) is 118 cm³/mol. The number of fused-ring (bicyclic) bond motifs is 1. The molecule has 1 aromatic carbocycles. The number of alkyl halides is 3. The molecule has 1 amide bonds. The monoisotopic (exact) mass is 467 g/mol. The van der Waals surface area contributed by atoms with E-state index in [1.807, 2.05) is 9.80 Å². The van der Waals surface area contributed by atoms with Crippen LogP contribution >= 0.6 is 0 Å². The average Bonchev–Trinajstić information content (AvgIpc) is 3.17. The van der Waals surface area contributed by atoms with Crippen molar-refractivity contribution in [3.05, 3.63) is 29.8 Å².